The van der Waals surface area contributed by atoms with Gasteiger partial charge in [0.25, 0.3) is 0 Å². The van der Waals surface area contributed by atoms with Crippen molar-refractivity contribution in [2.75, 3.05) is 5.32 Å². The van der Waals surface area contributed by atoms with Crippen LogP contribution in [0.3, 0.4) is 0 Å². The van der Waals surface area contributed by atoms with Gasteiger partial charge in [-0.15, -0.1) is 0 Å². The molecule has 0 unspecified atom stereocenters. The van der Waals surface area contributed by atoms with Crippen LogP contribution < -0.4 is 5.32 Å². The summed E-state index contributed by atoms with van der Waals surface area (Å²) in [7, 11) is 0. The second-order valence-electron chi connectivity index (χ2n) is 4.14. The van der Waals surface area contributed by atoms with Crippen LogP contribution in [0, 0.1) is 0 Å². The molecule has 0 fully saturated rings. The van der Waals surface area contributed by atoms with Crippen LogP contribution in [0.15, 0.2) is 40.8 Å². The molecule has 1 heterocycles. The molecule has 0 aliphatic carbocycles. The van der Waals surface area contributed by atoms with Crippen molar-refractivity contribution in [3.8, 4) is 0 Å². The van der Waals surface area contributed by atoms with E-state index in [1.165, 1.54) is 19.1 Å². The smallest absolute Gasteiger partial charge is 0.335 e. The van der Waals surface area contributed by atoms with Gasteiger partial charge < -0.3 is 9.52 Å². The molecule has 0 saturated heterocycles. The molecule has 2 rings (SSSR count). The van der Waals surface area contributed by atoms with Gasteiger partial charge in [-0.1, -0.05) is 18.2 Å². The second-order valence-corrected chi connectivity index (χ2v) is 4.14. The first kappa shape index (κ1) is 13.6. The number of anilines is 1. The molecule has 0 saturated carbocycles. The molecule has 0 radical (unpaired) electrons. The molecule has 2 N–H and O–H groups in total. The molecule has 2 aromatic rings. The Morgan fingerprint density at radius 3 is 2.40 bits per heavy atom. The van der Waals surface area contributed by atoms with E-state index in [0.29, 0.717) is 11.6 Å². The number of amides is 1. The molecule has 102 valence electrons. The van der Waals surface area contributed by atoms with E-state index in [1.54, 1.807) is 36.4 Å². The molecule has 20 heavy (non-hydrogen) atoms. The minimum atomic E-state index is -0.952. The Bertz CT molecular complexity index is 653. The SMILES string of the molecule is CC(=O)Nc1ccc(/C=C/c2ccc(C(=O)O)cc2)o1. The Balaban J connectivity index is 2.07. The Labute approximate surface area is 115 Å². The maximum atomic E-state index is 10.9. The number of hydrogen-bond acceptors (Lipinski definition) is 3. The number of furan rings is 1. The second kappa shape index (κ2) is 5.88. The summed E-state index contributed by atoms with van der Waals surface area (Å²) in [5.74, 6) is -0.167. The van der Waals surface area contributed by atoms with Crippen LogP contribution in [-0.2, 0) is 4.79 Å². The number of carboxylic acid groups (broad SMARTS) is 1. The Morgan fingerprint density at radius 1 is 1.10 bits per heavy atom. The maximum Gasteiger partial charge on any atom is 0.335 e. The molecule has 0 spiro atoms. The standard InChI is InChI=1S/C15H13NO4/c1-10(17)16-14-9-8-13(20-14)7-4-11-2-5-12(6-3-11)15(18)19/h2-9H,1H3,(H,16,17)(H,18,19)/b7-4+. The number of hydrogen-bond donors (Lipinski definition) is 2. The van der Waals surface area contributed by atoms with E-state index in [-0.39, 0.29) is 11.5 Å². The van der Waals surface area contributed by atoms with Crippen molar-refractivity contribution in [3.05, 3.63) is 53.3 Å². The predicted molar refractivity (Wildman–Crippen MR) is 75.3 cm³/mol. The van der Waals surface area contributed by atoms with E-state index < -0.39 is 5.97 Å². The van der Waals surface area contributed by atoms with Crippen LogP contribution in [0.4, 0.5) is 5.88 Å². The predicted octanol–water partition coefficient (Wildman–Crippen LogP) is 3.11. The summed E-state index contributed by atoms with van der Waals surface area (Å²) in [5.41, 5.74) is 1.10. The highest BCUT2D eigenvalue weighted by Crippen LogP contribution is 2.16. The normalized spacial score (nSPS) is 10.7. The number of aromatic carboxylic acids is 1. The third-order valence-corrected chi connectivity index (χ3v) is 2.52. The first-order chi connectivity index (χ1) is 9.54. The van der Waals surface area contributed by atoms with Crippen LogP contribution in [0.1, 0.15) is 28.6 Å². The first-order valence-corrected chi connectivity index (χ1v) is 5.93. The van der Waals surface area contributed by atoms with Crippen molar-refractivity contribution in [1.82, 2.24) is 0 Å². The summed E-state index contributed by atoms with van der Waals surface area (Å²) in [6.07, 6.45) is 3.53. The zero-order valence-corrected chi connectivity index (χ0v) is 10.8. The van der Waals surface area contributed by atoms with Crippen LogP contribution >= 0.6 is 0 Å². The number of carbonyl (C=O) groups excluding carboxylic acids is 1. The van der Waals surface area contributed by atoms with E-state index in [9.17, 15) is 9.59 Å². The lowest BCUT2D eigenvalue weighted by Gasteiger charge is -1.96. The lowest BCUT2D eigenvalue weighted by Crippen LogP contribution is -2.04. The molecule has 1 aromatic heterocycles. The molecule has 1 aromatic carbocycles. The average molecular weight is 271 g/mol. The molecule has 0 aliphatic heterocycles. The Hall–Kier alpha value is -2.82. The van der Waals surface area contributed by atoms with Gasteiger partial charge in [-0.25, -0.2) is 4.79 Å². The van der Waals surface area contributed by atoms with Gasteiger partial charge in [0, 0.05) is 13.0 Å². The van der Waals surface area contributed by atoms with Crippen molar-refractivity contribution in [2.24, 2.45) is 0 Å². The molecule has 1 amide bonds. The van der Waals surface area contributed by atoms with Crippen molar-refractivity contribution in [3.63, 3.8) is 0 Å². The van der Waals surface area contributed by atoms with E-state index in [0.717, 1.165) is 5.56 Å². The van der Waals surface area contributed by atoms with Crippen molar-refractivity contribution in [2.45, 2.75) is 6.92 Å². The third kappa shape index (κ3) is 3.58. The van der Waals surface area contributed by atoms with Crippen LogP contribution in [0.5, 0.6) is 0 Å². The third-order valence-electron chi connectivity index (χ3n) is 2.52. The monoisotopic (exact) mass is 271 g/mol. The van der Waals surface area contributed by atoms with Crippen LogP contribution in [0.2, 0.25) is 0 Å². The maximum absolute atomic E-state index is 10.9. The van der Waals surface area contributed by atoms with E-state index in [4.69, 9.17) is 9.52 Å². The van der Waals surface area contributed by atoms with Crippen molar-refractivity contribution in [1.29, 1.82) is 0 Å². The summed E-state index contributed by atoms with van der Waals surface area (Å²) in [4.78, 5) is 21.6. The largest absolute Gasteiger partial charge is 0.478 e. The molecular formula is C15H13NO4. The zero-order chi connectivity index (χ0) is 14.5. The van der Waals surface area contributed by atoms with Gasteiger partial charge in [0.1, 0.15) is 5.76 Å². The first-order valence-electron chi connectivity index (χ1n) is 5.93. The quantitative estimate of drug-likeness (QED) is 0.895. The summed E-state index contributed by atoms with van der Waals surface area (Å²) < 4.78 is 5.37. The Morgan fingerprint density at radius 2 is 1.80 bits per heavy atom. The van der Waals surface area contributed by atoms with Gasteiger partial charge in [-0.3, -0.25) is 10.1 Å². The van der Waals surface area contributed by atoms with Gasteiger partial charge in [0.05, 0.1) is 5.56 Å². The Kier molecular flexibility index (Phi) is 4.00. The van der Waals surface area contributed by atoms with E-state index >= 15 is 0 Å². The van der Waals surface area contributed by atoms with Gasteiger partial charge in [0.2, 0.25) is 5.91 Å². The van der Waals surface area contributed by atoms with Gasteiger partial charge in [0.15, 0.2) is 5.88 Å². The summed E-state index contributed by atoms with van der Waals surface area (Å²) in [5, 5.41) is 11.3. The molecule has 5 nitrogen and oxygen atoms in total. The number of rotatable bonds is 4. The number of carboxylic acids is 1. The molecule has 0 aliphatic rings. The van der Waals surface area contributed by atoms with E-state index in [1.807, 2.05) is 0 Å². The topological polar surface area (TPSA) is 79.5 Å². The number of nitrogens with one attached hydrogen (secondary N) is 1. The number of carbonyl (C=O) groups is 2. The molecule has 0 atom stereocenters. The highest BCUT2D eigenvalue weighted by Gasteiger charge is 2.02. The molecule has 0 bridgehead atoms. The summed E-state index contributed by atoms with van der Waals surface area (Å²) in [6.45, 7) is 1.40. The van der Waals surface area contributed by atoms with Crippen LogP contribution in [0.25, 0.3) is 12.2 Å². The molecular weight excluding hydrogens is 258 g/mol. The molecule has 5 heteroatoms. The fourth-order valence-corrected chi connectivity index (χ4v) is 1.60. The van der Waals surface area contributed by atoms with Crippen molar-refractivity contribution < 1.29 is 19.1 Å². The van der Waals surface area contributed by atoms with Gasteiger partial charge >= 0.3 is 5.97 Å². The minimum absolute atomic E-state index is 0.195. The average Bonchev–Trinajstić information content (AvgIpc) is 2.83. The van der Waals surface area contributed by atoms with Gasteiger partial charge in [-0.2, -0.15) is 0 Å². The van der Waals surface area contributed by atoms with Gasteiger partial charge in [-0.05, 0) is 29.8 Å². The number of benzene rings is 1. The van der Waals surface area contributed by atoms with Crippen LogP contribution in [-0.4, -0.2) is 17.0 Å². The lowest BCUT2D eigenvalue weighted by atomic mass is 10.1. The highest BCUT2D eigenvalue weighted by molar-refractivity contribution is 5.88. The fraction of sp³-hybridized carbons (Fsp3) is 0.0667. The summed E-state index contributed by atoms with van der Waals surface area (Å²) in [6, 6.07) is 9.87. The van der Waals surface area contributed by atoms with Crippen molar-refractivity contribution >= 4 is 29.9 Å². The van der Waals surface area contributed by atoms with E-state index in [2.05, 4.69) is 5.32 Å². The lowest BCUT2D eigenvalue weighted by molar-refractivity contribution is -0.114. The fourth-order valence-electron chi connectivity index (χ4n) is 1.60. The summed E-state index contributed by atoms with van der Waals surface area (Å²) >= 11 is 0. The zero-order valence-electron chi connectivity index (χ0n) is 10.8. The highest BCUT2D eigenvalue weighted by atomic mass is 16.4. The minimum Gasteiger partial charge on any atom is -0.478 e.